The number of ketones is 1. The highest BCUT2D eigenvalue weighted by atomic mass is 35.5. The highest BCUT2D eigenvalue weighted by molar-refractivity contribution is 7.20. The summed E-state index contributed by atoms with van der Waals surface area (Å²) in [5.74, 6) is 0.0352. The van der Waals surface area contributed by atoms with Gasteiger partial charge in [0.1, 0.15) is 0 Å². The summed E-state index contributed by atoms with van der Waals surface area (Å²) in [4.78, 5) is 32.7. The number of hydrogen-bond acceptors (Lipinski definition) is 5. The third-order valence-electron chi connectivity index (χ3n) is 4.74. The Hall–Kier alpha value is -2.44. The van der Waals surface area contributed by atoms with Gasteiger partial charge in [-0.05, 0) is 49.4 Å². The molecule has 0 N–H and O–H groups in total. The van der Waals surface area contributed by atoms with E-state index in [1.54, 1.807) is 13.0 Å². The molecule has 0 radical (unpaired) electrons. The lowest BCUT2D eigenvalue weighted by molar-refractivity contribution is 0.0746. The number of carbonyl (C=O) groups excluding carboxylic acids is 2. The molecule has 7 heteroatoms. The second-order valence-corrected chi connectivity index (χ2v) is 7.98. The van der Waals surface area contributed by atoms with Crippen LogP contribution in [-0.2, 0) is 0 Å². The molecular weight excluding hydrogens is 382 g/mol. The molecule has 3 aromatic rings. The van der Waals surface area contributed by atoms with E-state index in [-0.39, 0.29) is 11.7 Å². The van der Waals surface area contributed by atoms with E-state index in [9.17, 15) is 9.59 Å². The molecule has 5 nitrogen and oxygen atoms in total. The van der Waals surface area contributed by atoms with Gasteiger partial charge in [0.05, 0.1) is 10.2 Å². The average molecular weight is 400 g/mol. The van der Waals surface area contributed by atoms with Gasteiger partial charge in [-0.3, -0.25) is 9.59 Å². The summed E-state index contributed by atoms with van der Waals surface area (Å²) in [5.41, 5.74) is 2.55. The van der Waals surface area contributed by atoms with E-state index in [0.29, 0.717) is 28.7 Å². The van der Waals surface area contributed by atoms with Crippen molar-refractivity contribution in [3.05, 3.63) is 58.1 Å². The number of hydrogen-bond donors (Lipinski definition) is 0. The van der Waals surface area contributed by atoms with Gasteiger partial charge in [0.15, 0.2) is 10.8 Å². The van der Waals surface area contributed by atoms with E-state index in [1.165, 1.54) is 11.3 Å². The first kappa shape index (κ1) is 17.9. The number of fused-ring (bicyclic) bond motifs is 1. The smallest absolute Gasteiger partial charge is 0.282 e. The lowest BCUT2D eigenvalue weighted by atomic mass is 10.1. The van der Waals surface area contributed by atoms with Crippen molar-refractivity contribution in [3.8, 4) is 0 Å². The Morgan fingerprint density at radius 2 is 1.74 bits per heavy atom. The number of amides is 1. The number of thiazole rings is 1. The number of carbonyl (C=O) groups is 2. The van der Waals surface area contributed by atoms with Crippen molar-refractivity contribution in [1.29, 1.82) is 0 Å². The Morgan fingerprint density at radius 3 is 2.41 bits per heavy atom. The molecule has 1 aromatic heterocycles. The van der Waals surface area contributed by atoms with Crippen LogP contribution in [0.3, 0.4) is 0 Å². The van der Waals surface area contributed by atoms with Gasteiger partial charge in [0.2, 0.25) is 0 Å². The number of aromatic nitrogens is 1. The molecule has 0 atom stereocenters. The highest BCUT2D eigenvalue weighted by Crippen LogP contribution is 2.26. The molecule has 2 heterocycles. The maximum atomic E-state index is 12.8. The van der Waals surface area contributed by atoms with Crippen LogP contribution in [0.15, 0.2) is 42.5 Å². The summed E-state index contributed by atoms with van der Waals surface area (Å²) in [6.07, 6.45) is 0. The fourth-order valence-electron chi connectivity index (χ4n) is 3.20. The Morgan fingerprint density at radius 1 is 1.04 bits per heavy atom. The van der Waals surface area contributed by atoms with E-state index >= 15 is 0 Å². The summed E-state index contributed by atoms with van der Waals surface area (Å²) < 4.78 is 0.965. The second kappa shape index (κ2) is 7.29. The van der Waals surface area contributed by atoms with Crippen LogP contribution in [0.2, 0.25) is 5.02 Å². The van der Waals surface area contributed by atoms with Gasteiger partial charge in [-0.15, -0.1) is 11.3 Å². The molecule has 0 aliphatic carbocycles. The third-order valence-corrected chi connectivity index (χ3v) is 6.00. The van der Waals surface area contributed by atoms with Crippen LogP contribution in [0.25, 0.3) is 10.2 Å². The first-order valence-electron chi connectivity index (χ1n) is 8.72. The van der Waals surface area contributed by atoms with Crippen molar-refractivity contribution >= 4 is 50.5 Å². The Balaban J connectivity index is 1.43. The SMILES string of the molecule is CC(=O)c1ccc(N2CCN(C(=O)c3nc4cc(Cl)ccc4s3)CC2)cc1. The first-order chi connectivity index (χ1) is 13.0. The minimum Gasteiger partial charge on any atom is -0.368 e. The van der Waals surface area contributed by atoms with Crippen molar-refractivity contribution in [2.45, 2.75) is 6.92 Å². The highest BCUT2D eigenvalue weighted by Gasteiger charge is 2.24. The average Bonchev–Trinajstić information content (AvgIpc) is 3.11. The number of Topliss-reactive ketones (excluding diaryl/α,β-unsaturated/α-hetero) is 1. The molecular formula is C20H18ClN3O2S. The number of benzene rings is 2. The summed E-state index contributed by atoms with van der Waals surface area (Å²) in [6, 6.07) is 13.1. The summed E-state index contributed by atoms with van der Waals surface area (Å²) in [7, 11) is 0. The van der Waals surface area contributed by atoms with Crippen molar-refractivity contribution < 1.29 is 9.59 Å². The van der Waals surface area contributed by atoms with Crippen molar-refractivity contribution in [2.24, 2.45) is 0 Å². The standard InChI is InChI=1S/C20H18ClN3O2S/c1-13(25)14-2-5-16(6-3-14)23-8-10-24(11-9-23)20(26)19-22-17-12-15(21)4-7-18(17)27-19/h2-7,12H,8-11H2,1H3. The molecule has 4 rings (SSSR count). The molecule has 27 heavy (non-hydrogen) atoms. The number of piperazine rings is 1. The number of rotatable bonds is 3. The molecule has 0 saturated carbocycles. The van der Waals surface area contributed by atoms with E-state index in [2.05, 4.69) is 9.88 Å². The molecule has 2 aromatic carbocycles. The predicted octanol–water partition coefficient (Wildman–Crippen LogP) is 4.11. The monoisotopic (exact) mass is 399 g/mol. The zero-order chi connectivity index (χ0) is 19.0. The molecule has 138 valence electrons. The topological polar surface area (TPSA) is 53.5 Å². The summed E-state index contributed by atoms with van der Waals surface area (Å²) in [5, 5.41) is 1.13. The lowest BCUT2D eigenvalue weighted by Crippen LogP contribution is -2.48. The van der Waals surface area contributed by atoms with Crippen LogP contribution in [0.5, 0.6) is 0 Å². The van der Waals surface area contributed by atoms with Crippen molar-refractivity contribution in [2.75, 3.05) is 31.1 Å². The first-order valence-corrected chi connectivity index (χ1v) is 9.92. The molecule has 1 amide bonds. The molecule has 0 unspecified atom stereocenters. The number of nitrogens with zero attached hydrogens (tertiary/aromatic N) is 3. The quantitative estimate of drug-likeness (QED) is 0.622. The normalized spacial score (nSPS) is 14.6. The largest absolute Gasteiger partial charge is 0.368 e. The second-order valence-electron chi connectivity index (χ2n) is 6.51. The fraction of sp³-hybridized carbons (Fsp3) is 0.250. The Kier molecular flexibility index (Phi) is 4.85. The maximum Gasteiger partial charge on any atom is 0.282 e. The van der Waals surface area contributed by atoms with Crippen molar-refractivity contribution in [1.82, 2.24) is 9.88 Å². The lowest BCUT2D eigenvalue weighted by Gasteiger charge is -2.35. The van der Waals surface area contributed by atoms with Crippen molar-refractivity contribution in [3.63, 3.8) is 0 Å². The van der Waals surface area contributed by atoms with Gasteiger partial charge >= 0.3 is 0 Å². The van der Waals surface area contributed by atoms with Crippen LogP contribution >= 0.6 is 22.9 Å². The third kappa shape index (κ3) is 3.68. The zero-order valence-corrected chi connectivity index (χ0v) is 16.4. The van der Waals surface area contributed by atoms with Gasteiger partial charge in [0.25, 0.3) is 5.91 Å². The minimum atomic E-state index is -0.0288. The number of halogens is 1. The molecule has 1 aliphatic heterocycles. The molecule has 0 spiro atoms. The van der Waals surface area contributed by atoms with Gasteiger partial charge in [-0.25, -0.2) is 4.98 Å². The summed E-state index contributed by atoms with van der Waals surface area (Å²) >= 11 is 7.41. The molecule has 1 fully saturated rings. The van der Waals surface area contributed by atoms with E-state index in [0.717, 1.165) is 29.0 Å². The fourth-order valence-corrected chi connectivity index (χ4v) is 4.28. The van der Waals surface area contributed by atoms with Gasteiger partial charge in [-0.2, -0.15) is 0 Å². The van der Waals surface area contributed by atoms with Gasteiger partial charge in [-0.1, -0.05) is 11.6 Å². The Labute approximate surface area is 166 Å². The number of anilines is 1. The molecule has 1 aliphatic rings. The van der Waals surface area contributed by atoms with Gasteiger partial charge in [0, 0.05) is 42.5 Å². The van der Waals surface area contributed by atoms with E-state index in [1.807, 2.05) is 41.3 Å². The van der Waals surface area contributed by atoms with E-state index < -0.39 is 0 Å². The molecule has 1 saturated heterocycles. The minimum absolute atomic E-state index is 0.0288. The van der Waals surface area contributed by atoms with Gasteiger partial charge < -0.3 is 9.80 Å². The van der Waals surface area contributed by atoms with Crippen LogP contribution < -0.4 is 4.90 Å². The van der Waals surface area contributed by atoms with Crippen LogP contribution in [0.1, 0.15) is 27.1 Å². The zero-order valence-electron chi connectivity index (χ0n) is 14.8. The maximum absolute atomic E-state index is 12.8. The van der Waals surface area contributed by atoms with Crippen LogP contribution in [0, 0.1) is 0 Å². The summed E-state index contributed by atoms with van der Waals surface area (Å²) in [6.45, 7) is 4.35. The molecule has 0 bridgehead atoms. The van der Waals surface area contributed by atoms with Crippen LogP contribution in [-0.4, -0.2) is 47.8 Å². The predicted molar refractivity (Wildman–Crippen MR) is 109 cm³/mol. The van der Waals surface area contributed by atoms with E-state index in [4.69, 9.17) is 11.6 Å². The Bertz CT molecular complexity index is 1010. The van der Waals surface area contributed by atoms with Crippen LogP contribution in [0.4, 0.5) is 5.69 Å².